The molecule has 0 atom stereocenters. The van der Waals surface area contributed by atoms with Crippen molar-refractivity contribution in [2.45, 2.75) is 13.0 Å². The molecule has 102 valence electrons. The number of nitrogens with zero attached hydrogens (tertiary/aromatic N) is 1. The summed E-state index contributed by atoms with van der Waals surface area (Å²) >= 11 is 6.02. The number of carbonyl (C=O) groups excluding carboxylic acids is 1. The van der Waals surface area contributed by atoms with Crippen LogP contribution in [0.3, 0.4) is 0 Å². The van der Waals surface area contributed by atoms with E-state index < -0.39 is 5.91 Å². The maximum Gasteiger partial charge on any atom is 0.248 e. The van der Waals surface area contributed by atoms with E-state index in [-0.39, 0.29) is 0 Å². The third-order valence-electron chi connectivity index (χ3n) is 3.65. The summed E-state index contributed by atoms with van der Waals surface area (Å²) in [5.74, 6) is -0.391. The van der Waals surface area contributed by atoms with Crippen molar-refractivity contribution in [1.29, 1.82) is 0 Å². The summed E-state index contributed by atoms with van der Waals surface area (Å²) in [5.41, 5.74) is 9.49. The zero-order chi connectivity index (χ0) is 14.1. The summed E-state index contributed by atoms with van der Waals surface area (Å²) in [6.07, 6.45) is 1.02. The lowest BCUT2D eigenvalue weighted by Crippen LogP contribution is -2.19. The van der Waals surface area contributed by atoms with E-state index in [0.717, 1.165) is 30.1 Å². The molecular weight excluding hydrogens is 272 g/mol. The van der Waals surface area contributed by atoms with Crippen molar-refractivity contribution in [3.8, 4) is 0 Å². The number of halogens is 1. The fourth-order valence-corrected chi connectivity index (χ4v) is 2.79. The van der Waals surface area contributed by atoms with Crippen LogP contribution in [0.1, 0.15) is 21.5 Å². The number of primary amides is 1. The van der Waals surface area contributed by atoms with Gasteiger partial charge in [-0.2, -0.15) is 0 Å². The molecule has 0 unspecified atom stereocenters. The summed E-state index contributed by atoms with van der Waals surface area (Å²) in [4.78, 5) is 13.4. The SMILES string of the molecule is NC(=O)c1ccc(CN2CCc3cc(Cl)ccc32)cc1. The normalized spacial score (nSPS) is 13.3. The lowest BCUT2D eigenvalue weighted by Gasteiger charge is -2.19. The first-order valence-corrected chi connectivity index (χ1v) is 6.93. The van der Waals surface area contributed by atoms with Crippen molar-refractivity contribution in [1.82, 2.24) is 0 Å². The molecule has 0 saturated heterocycles. The van der Waals surface area contributed by atoms with E-state index in [9.17, 15) is 4.79 Å². The van der Waals surface area contributed by atoms with Crippen LogP contribution in [0.4, 0.5) is 5.69 Å². The predicted octanol–water partition coefficient (Wildman–Crippen LogP) is 3.00. The van der Waals surface area contributed by atoms with Gasteiger partial charge in [0, 0.05) is 29.4 Å². The number of hydrogen-bond donors (Lipinski definition) is 1. The third-order valence-corrected chi connectivity index (χ3v) is 3.88. The van der Waals surface area contributed by atoms with Crippen molar-refractivity contribution >= 4 is 23.2 Å². The fraction of sp³-hybridized carbons (Fsp3) is 0.188. The summed E-state index contributed by atoms with van der Waals surface area (Å²) < 4.78 is 0. The van der Waals surface area contributed by atoms with Crippen molar-refractivity contribution < 1.29 is 4.79 Å². The molecule has 2 aromatic carbocycles. The summed E-state index contributed by atoms with van der Waals surface area (Å²) in [6.45, 7) is 1.82. The predicted molar refractivity (Wildman–Crippen MR) is 81.2 cm³/mol. The molecule has 2 aromatic rings. The highest BCUT2D eigenvalue weighted by atomic mass is 35.5. The van der Waals surface area contributed by atoms with E-state index in [1.165, 1.54) is 11.3 Å². The Morgan fingerprint density at radius 3 is 2.65 bits per heavy atom. The molecule has 4 heteroatoms. The Labute approximate surface area is 123 Å². The minimum absolute atomic E-state index is 0.391. The van der Waals surface area contributed by atoms with Gasteiger partial charge in [0.1, 0.15) is 0 Å². The molecule has 3 rings (SSSR count). The Bertz CT molecular complexity index is 652. The quantitative estimate of drug-likeness (QED) is 0.943. The van der Waals surface area contributed by atoms with Crippen LogP contribution in [0.25, 0.3) is 0 Å². The van der Waals surface area contributed by atoms with Gasteiger partial charge in [-0.15, -0.1) is 0 Å². The molecule has 1 aliphatic heterocycles. The van der Waals surface area contributed by atoms with Crippen LogP contribution in [0.15, 0.2) is 42.5 Å². The lowest BCUT2D eigenvalue weighted by molar-refractivity contribution is 0.100. The highest BCUT2D eigenvalue weighted by molar-refractivity contribution is 6.30. The molecule has 0 spiro atoms. The van der Waals surface area contributed by atoms with Crippen molar-refractivity contribution in [3.63, 3.8) is 0 Å². The Kier molecular flexibility index (Phi) is 3.36. The molecule has 1 heterocycles. The van der Waals surface area contributed by atoms with Gasteiger partial charge in [-0.1, -0.05) is 23.7 Å². The summed E-state index contributed by atoms with van der Waals surface area (Å²) in [6, 6.07) is 13.5. The van der Waals surface area contributed by atoms with Gasteiger partial charge in [0.25, 0.3) is 0 Å². The molecule has 3 nitrogen and oxygen atoms in total. The first kappa shape index (κ1) is 13.0. The van der Waals surface area contributed by atoms with Gasteiger partial charge >= 0.3 is 0 Å². The first-order valence-electron chi connectivity index (χ1n) is 6.55. The molecule has 1 aliphatic rings. The molecule has 0 saturated carbocycles. The second kappa shape index (κ2) is 5.17. The molecule has 0 fully saturated rings. The lowest BCUT2D eigenvalue weighted by atomic mass is 10.1. The molecule has 0 bridgehead atoms. The van der Waals surface area contributed by atoms with Crippen molar-refractivity contribution in [2.24, 2.45) is 5.73 Å². The van der Waals surface area contributed by atoms with E-state index in [1.54, 1.807) is 12.1 Å². The minimum Gasteiger partial charge on any atom is -0.367 e. The topological polar surface area (TPSA) is 46.3 Å². The van der Waals surface area contributed by atoms with E-state index in [2.05, 4.69) is 11.0 Å². The van der Waals surface area contributed by atoms with Crippen LogP contribution in [0.5, 0.6) is 0 Å². The monoisotopic (exact) mass is 286 g/mol. The molecule has 20 heavy (non-hydrogen) atoms. The first-order chi connectivity index (χ1) is 9.63. The number of fused-ring (bicyclic) bond motifs is 1. The number of nitrogens with two attached hydrogens (primary N) is 1. The molecule has 1 amide bonds. The van der Waals surface area contributed by atoms with Crippen LogP contribution in [-0.2, 0) is 13.0 Å². The van der Waals surface area contributed by atoms with Crippen molar-refractivity contribution in [3.05, 3.63) is 64.2 Å². The van der Waals surface area contributed by atoms with Gasteiger partial charge in [0.2, 0.25) is 5.91 Å². The second-order valence-electron chi connectivity index (χ2n) is 5.01. The number of carbonyl (C=O) groups is 1. The van der Waals surface area contributed by atoms with Gasteiger partial charge < -0.3 is 10.6 Å². The van der Waals surface area contributed by atoms with Gasteiger partial charge in [0.15, 0.2) is 0 Å². The molecular formula is C16H15ClN2O. The smallest absolute Gasteiger partial charge is 0.248 e. The van der Waals surface area contributed by atoms with Crippen LogP contribution >= 0.6 is 11.6 Å². The summed E-state index contributed by atoms with van der Waals surface area (Å²) in [5, 5.41) is 0.788. The Morgan fingerprint density at radius 1 is 1.20 bits per heavy atom. The van der Waals surface area contributed by atoms with E-state index in [0.29, 0.717) is 5.56 Å². The molecule has 2 N–H and O–H groups in total. The van der Waals surface area contributed by atoms with Crippen LogP contribution in [0, 0.1) is 0 Å². The van der Waals surface area contributed by atoms with Crippen LogP contribution < -0.4 is 10.6 Å². The molecule has 0 radical (unpaired) electrons. The highest BCUT2D eigenvalue weighted by Crippen LogP contribution is 2.31. The number of hydrogen-bond acceptors (Lipinski definition) is 2. The molecule has 0 aliphatic carbocycles. The van der Waals surface area contributed by atoms with E-state index >= 15 is 0 Å². The number of rotatable bonds is 3. The van der Waals surface area contributed by atoms with Crippen LogP contribution in [-0.4, -0.2) is 12.5 Å². The third kappa shape index (κ3) is 2.49. The Morgan fingerprint density at radius 2 is 1.95 bits per heavy atom. The average Bonchev–Trinajstić information content (AvgIpc) is 2.81. The van der Waals surface area contributed by atoms with Gasteiger partial charge in [0.05, 0.1) is 0 Å². The largest absolute Gasteiger partial charge is 0.367 e. The fourth-order valence-electron chi connectivity index (χ4n) is 2.60. The highest BCUT2D eigenvalue weighted by Gasteiger charge is 2.19. The standard InChI is InChI=1S/C16H15ClN2O/c17-14-5-6-15-13(9-14)7-8-19(15)10-11-1-3-12(4-2-11)16(18)20/h1-6,9H,7-8,10H2,(H2,18,20). The number of benzene rings is 2. The van der Waals surface area contributed by atoms with Crippen molar-refractivity contribution in [2.75, 3.05) is 11.4 Å². The van der Waals surface area contributed by atoms with E-state index in [4.69, 9.17) is 17.3 Å². The van der Waals surface area contributed by atoms with Gasteiger partial charge in [-0.25, -0.2) is 0 Å². The number of anilines is 1. The van der Waals surface area contributed by atoms with Gasteiger partial charge in [-0.05, 0) is 47.9 Å². The zero-order valence-corrected chi connectivity index (χ0v) is 11.7. The number of amides is 1. The van der Waals surface area contributed by atoms with E-state index in [1.807, 2.05) is 24.3 Å². The summed E-state index contributed by atoms with van der Waals surface area (Å²) in [7, 11) is 0. The Balaban J connectivity index is 1.78. The van der Waals surface area contributed by atoms with Gasteiger partial charge in [-0.3, -0.25) is 4.79 Å². The second-order valence-corrected chi connectivity index (χ2v) is 5.44. The maximum atomic E-state index is 11.1. The average molecular weight is 287 g/mol. The van der Waals surface area contributed by atoms with Crippen LogP contribution in [0.2, 0.25) is 5.02 Å². The minimum atomic E-state index is -0.391. The zero-order valence-electron chi connectivity index (χ0n) is 11.0. The Hall–Kier alpha value is -2.00. The maximum absolute atomic E-state index is 11.1. The molecule has 0 aromatic heterocycles.